The first-order valence-corrected chi connectivity index (χ1v) is 5.89. The van der Waals surface area contributed by atoms with Crippen LogP contribution < -0.4 is 0 Å². The molecule has 2 rings (SSSR count). The molecule has 0 aliphatic heterocycles. The van der Waals surface area contributed by atoms with E-state index in [2.05, 4.69) is 0 Å². The lowest BCUT2D eigenvalue weighted by molar-refractivity contribution is -0.142. The standard InChI is InChI=1S/C12H18O3/c13-9-3-1-7-12(15)8-2-4-11(14)10(12)6-5-9/h10,15H,1-8H2. The predicted octanol–water partition coefficient (Wildman–Crippen LogP) is 1.62. The van der Waals surface area contributed by atoms with Crippen molar-refractivity contribution in [3.63, 3.8) is 0 Å². The number of aliphatic hydroxyl groups is 1. The first kappa shape index (κ1) is 10.8. The van der Waals surface area contributed by atoms with Crippen LogP contribution in [0.4, 0.5) is 0 Å². The van der Waals surface area contributed by atoms with Crippen LogP contribution >= 0.6 is 0 Å². The molecule has 0 spiro atoms. The Kier molecular flexibility index (Phi) is 2.91. The molecule has 0 bridgehead atoms. The molecular weight excluding hydrogens is 192 g/mol. The number of ketones is 2. The van der Waals surface area contributed by atoms with Crippen molar-refractivity contribution in [2.75, 3.05) is 0 Å². The summed E-state index contributed by atoms with van der Waals surface area (Å²) in [5.41, 5.74) is -0.796. The van der Waals surface area contributed by atoms with Crippen LogP contribution in [-0.4, -0.2) is 22.3 Å². The molecule has 0 heterocycles. The molecule has 2 saturated carbocycles. The van der Waals surface area contributed by atoms with E-state index in [1.54, 1.807) is 0 Å². The molecule has 2 aliphatic rings. The maximum Gasteiger partial charge on any atom is 0.138 e. The van der Waals surface area contributed by atoms with Gasteiger partial charge in [-0.05, 0) is 32.1 Å². The highest BCUT2D eigenvalue weighted by Crippen LogP contribution is 2.39. The zero-order valence-electron chi connectivity index (χ0n) is 9.00. The van der Waals surface area contributed by atoms with Crippen LogP contribution in [0.3, 0.4) is 0 Å². The SMILES string of the molecule is O=C1CCCC2(O)CCCC(=O)C2CC1. The van der Waals surface area contributed by atoms with E-state index >= 15 is 0 Å². The molecule has 3 nitrogen and oxygen atoms in total. The van der Waals surface area contributed by atoms with Crippen molar-refractivity contribution in [1.82, 2.24) is 0 Å². The van der Waals surface area contributed by atoms with Crippen molar-refractivity contribution in [1.29, 1.82) is 0 Å². The Labute approximate surface area is 89.9 Å². The van der Waals surface area contributed by atoms with Crippen LogP contribution in [0.2, 0.25) is 0 Å². The van der Waals surface area contributed by atoms with Crippen LogP contribution in [0, 0.1) is 5.92 Å². The summed E-state index contributed by atoms with van der Waals surface area (Å²) >= 11 is 0. The third kappa shape index (κ3) is 2.12. The van der Waals surface area contributed by atoms with Crippen LogP contribution in [0.1, 0.15) is 51.4 Å². The second kappa shape index (κ2) is 4.05. The third-order valence-electron chi connectivity index (χ3n) is 3.85. The first-order chi connectivity index (χ1) is 7.12. The molecule has 2 atom stereocenters. The van der Waals surface area contributed by atoms with Crippen molar-refractivity contribution in [2.45, 2.75) is 57.0 Å². The first-order valence-electron chi connectivity index (χ1n) is 5.89. The molecule has 0 radical (unpaired) electrons. The van der Waals surface area contributed by atoms with Gasteiger partial charge in [0.1, 0.15) is 11.6 Å². The minimum Gasteiger partial charge on any atom is -0.389 e. The number of rotatable bonds is 0. The van der Waals surface area contributed by atoms with Crippen LogP contribution in [0.25, 0.3) is 0 Å². The van der Waals surface area contributed by atoms with Crippen LogP contribution in [0.15, 0.2) is 0 Å². The fraction of sp³-hybridized carbons (Fsp3) is 0.833. The molecule has 0 aromatic rings. The molecule has 0 saturated heterocycles. The van der Waals surface area contributed by atoms with Crippen LogP contribution in [0.5, 0.6) is 0 Å². The van der Waals surface area contributed by atoms with Gasteiger partial charge in [0.15, 0.2) is 0 Å². The smallest absolute Gasteiger partial charge is 0.138 e. The normalized spacial score (nSPS) is 38.1. The van der Waals surface area contributed by atoms with E-state index in [1.165, 1.54) is 0 Å². The van der Waals surface area contributed by atoms with Gasteiger partial charge in [-0.3, -0.25) is 9.59 Å². The van der Waals surface area contributed by atoms with E-state index in [-0.39, 0.29) is 17.5 Å². The lowest BCUT2D eigenvalue weighted by atomic mass is 9.68. The molecule has 84 valence electrons. The maximum absolute atomic E-state index is 11.7. The number of fused-ring (bicyclic) bond motifs is 1. The van der Waals surface area contributed by atoms with Crippen molar-refractivity contribution in [3.05, 3.63) is 0 Å². The minimum atomic E-state index is -0.796. The van der Waals surface area contributed by atoms with E-state index in [9.17, 15) is 14.7 Å². The third-order valence-corrected chi connectivity index (χ3v) is 3.85. The summed E-state index contributed by atoms with van der Waals surface area (Å²) in [7, 11) is 0. The number of carbonyl (C=O) groups is 2. The van der Waals surface area contributed by atoms with Gasteiger partial charge >= 0.3 is 0 Å². The van der Waals surface area contributed by atoms with Gasteiger partial charge < -0.3 is 5.11 Å². The second-order valence-corrected chi connectivity index (χ2v) is 4.91. The molecule has 2 aliphatic carbocycles. The van der Waals surface area contributed by atoms with Gasteiger partial charge in [-0.2, -0.15) is 0 Å². The van der Waals surface area contributed by atoms with E-state index < -0.39 is 5.60 Å². The molecule has 1 N–H and O–H groups in total. The highest BCUT2D eigenvalue weighted by Gasteiger charge is 2.43. The predicted molar refractivity (Wildman–Crippen MR) is 55.4 cm³/mol. The monoisotopic (exact) mass is 210 g/mol. The topological polar surface area (TPSA) is 54.4 Å². The number of carbonyl (C=O) groups excluding carboxylic acids is 2. The van der Waals surface area contributed by atoms with Gasteiger partial charge in [-0.25, -0.2) is 0 Å². The second-order valence-electron chi connectivity index (χ2n) is 4.91. The van der Waals surface area contributed by atoms with Gasteiger partial charge in [-0.1, -0.05) is 0 Å². The summed E-state index contributed by atoms with van der Waals surface area (Å²) in [4.78, 5) is 23.1. The average molecular weight is 210 g/mol. The quantitative estimate of drug-likeness (QED) is 0.661. The highest BCUT2D eigenvalue weighted by atomic mass is 16.3. The van der Waals surface area contributed by atoms with Crippen molar-refractivity contribution in [2.24, 2.45) is 5.92 Å². The summed E-state index contributed by atoms with van der Waals surface area (Å²) < 4.78 is 0. The van der Waals surface area contributed by atoms with Crippen molar-refractivity contribution < 1.29 is 14.7 Å². The molecule has 15 heavy (non-hydrogen) atoms. The average Bonchev–Trinajstić information content (AvgIpc) is 2.14. The fourth-order valence-electron chi connectivity index (χ4n) is 2.97. The number of hydrogen-bond donors (Lipinski definition) is 1. The lowest BCUT2D eigenvalue weighted by Crippen LogP contribution is -2.46. The van der Waals surface area contributed by atoms with Crippen molar-refractivity contribution in [3.8, 4) is 0 Å². The summed E-state index contributed by atoms with van der Waals surface area (Å²) in [5.74, 6) is 0.143. The Morgan fingerprint density at radius 2 is 1.73 bits per heavy atom. The molecule has 2 unspecified atom stereocenters. The van der Waals surface area contributed by atoms with Gasteiger partial charge in [-0.15, -0.1) is 0 Å². The molecular formula is C12H18O3. The van der Waals surface area contributed by atoms with Gasteiger partial charge in [0.05, 0.1) is 5.60 Å². The summed E-state index contributed by atoms with van der Waals surface area (Å²) in [6.45, 7) is 0. The lowest BCUT2D eigenvalue weighted by Gasteiger charge is -2.40. The Hall–Kier alpha value is -0.700. The van der Waals surface area contributed by atoms with Gasteiger partial charge in [0.25, 0.3) is 0 Å². The van der Waals surface area contributed by atoms with Crippen LogP contribution in [-0.2, 0) is 9.59 Å². The Balaban J connectivity index is 2.16. The number of Topliss-reactive ketones (excluding diaryl/α,β-unsaturated/α-hetero) is 2. The van der Waals surface area contributed by atoms with E-state index in [0.29, 0.717) is 32.1 Å². The molecule has 2 fully saturated rings. The maximum atomic E-state index is 11.7. The van der Waals surface area contributed by atoms with E-state index in [0.717, 1.165) is 19.3 Å². The summed E-state index contributed by atoms with van der Waals surface area (Å²) in [6, 6.07) is 0. The molecule has 0 aromatic carbocycles. The minimum absolute atomic E-state index is 0.165. The summed E-state index contributed by atoms with van der Waals surface area (Å²) in [5, 5.41) is 10.4. The van der Waals surface area contributed by atoms with Gasteiger partial charge in [0.2, 0.25) is 0 Å². The molecule has 3 heteroatoms. The molecule has 0 amide bonds. The van der Waals surface area contributed by atoms with E-state index in [1.807, 2.05) is 0 Å². The van der Waals surface area contributed by atoms with Gasteiger partial charge in [0, 0.05) is 25.2 Å². The fourth-order valence-corrected chi connectivity index (χ4v) is 2.97. The Bertz CT molecular complexity index is 285. The summed E-state index contributed by atoms with van der Waals surface area (Å²) in [6.07, 6.45) is 5.09. The van der Waals surface area contributed by atoms with Crippen molar-refractivity contribution >= 4 is 11.6 Å². The van der Waals surface area contributed by atoms with E-state index in [4.69, 9.17) is 0 Å². The largest absolute Gasteiger partial charge is 0.389 e. The highest BCUT2D eigenvalue weighted by molar-refractivity contribution is 5.85. The molecule has 0 aromatic heterocycles. The Morgan fingerprint density at radius 1 is 1.07 bits per heavy atom. The number of hydrogen-bond acceptors (Lipinski definition) is 3. The Morgan fingerprint density at radius 3 is 2.47 bits per heavy atom. The zero-order valence-corrected chi connectivity index (χ0v) is 9.00. The zero-order chi connectivity index (χ0) is 10.9.